The number of benzene rings is 3. The lowest BCUT2D eigenvalue weighted by Gasteiger charge is -2.39. The zero-order valence-electron chi connectivity index (χ0n) is 25.3. The summed E-state index contributed by atoms with van der Waals surface area (Å²) in [6.07, 6.45) is 2.52. The van der Waals surface area contributed by atoms with Crippen LogP contribution in [0.1, 0.15) is 40.8 Å². The molecule has 9 heteroatoms. The molecule has 2 spiro atoms. The van der Waals surface area contributed by atoms with Gasteiger partial charge in [-0.1, -0.05) is 54.6 Å². The number of pyridine rings is 1. The Bertz CT molecular complexity index is 1850. The number of carbonyl (C=O) groups is 3. The van der Waals surface area contributed by atoms with E-state index < -0.39 is 5.54 Å². The number of rotatable bonds is 4. The van der Waals surface area contributed by atoms with Gasteiger partial charge in [0.05, 0.1) is 17.8 Å². The Balaban J connectivity index is 0.980. The maximum atomic E-state index is 12.9. The van der Waals surface area contributed by atoms with Crippen LogP contribution in [0, 0.1) is 0 Å². The lowest BCUT2D eigenvalue weighted by molar-refractivity contribution is -0.125. The molecule has 4 aromatic rings. The summed E-state index contributed by atoms with van der Waals surface area (Å²) >= 11 is 0. The first-order valence-corrected chi connectivity index (χ1v) is 15.6. The van der Waals surface area contributed by atoms with Gasteiger partial charge in [0.25, 0.3) is 5.91 Å². The monoisotopic (exact) mass is 601 g/mol. The predicted octanol–water partition coefficient (Wildman–Crippen LogP) is 4.94. The molecule has 4 heterocycles. The van der Waals surface area contributed by atoms with Crippen LogP contribution in [0.25, 0.3) is 10.9 Å². The van der Waals surface area contributed by atoms with Crippen LogP contribution in [0.2, 0.25) is 0 Å². The number of amides is 4. The summed E-state index contributed by atoms with van der Waals surface area (Å²) < 4.78 is 5.62. The van der Waals surface area contributed by atoms with E-state index in [1.807, 2.05) is 35.2 Å². The average molecular weight is 602 g/mol. The van der Waals surface area contributed by atoms with Crippen LogP contribution in [0.4, 0.5) is 15.3 Å². The van der Waals surface area contributed by atoms with Gasteiger partial charge in [0.2, 0.25) is 0 Å². The zero-order chi connectivity index (χ0) is 30.8. The molecule has 1 aromatic heterocycles. The number of aromatic nitrogens is 1. The van der Waals surface area contributed by atoms with Gasteiger partial charge in [-0.05, 0) is 59.4 Å². The lowest BCUT2D eigenvalue weighted by Crippen LogP contribution is -2.48. The number of anilines is 1. The van der Waals surface area contributed by atoms with Crippen LogP contribution in [-0.4, -0.2) is 65.0 Å². The molecule has 45 heavy (non-hydrogen) atoms. The third-order valence-electron chi connectivity index (χ3n) is 10.5. The summed E-state index contributed by atoms with van der Waals surface area (Å²) in [4.78, 5) is 48.8. The lowest BCUT2D eigenvalue weighted by atomic mass is 9.74. The number of likely N-dealkylation sites (N-methyl/N-ethyl adjacent to an activating group) is 1. The number of likely N-dealkylation sites (tertiary alicyclic amines) is 1. The topological polar surface area (TPSA) is 95.1 Å². The minimum absolute atomic E-state index is 0.0237. The standard InChI is InChI=1S/C36H35N5O4/c1-39-33(43)38-32(42)36(39)19-26-17-25-11-12-28(37-30(25)18-27(26)20-36)21-41-23-35(29-9-5-6-10-31(29)41)13-15-40(16-14-35)34(44)45-22-24-7-3-2-4-8-24/h2-12,17-18H,13-16,19-23H2,1H3,(H,38,42,43). The molecule has 228 valence electrons. The largest absolute Gasteiger partial charge is 0.445 e. The third-order valence-corrected chi connectivity index (χ3v) is 10.5. The molecule has 9 nitrogen and oxygen atoms in total. The number of carbonyl (C=O) groups excluding carboxylic acids is 3. The molecular weight excluding hydrogens is 566 g/mol. The van der Waals surface area contributed by atoms with Gasteiger partial charge in [0.15, 0.2) is 0 Å². The molecule has 0 bridgehead atoms. The number of imide groups is 1. The van der Waals surface area contributed by atoms with Gasteiger partial charge in [0.1, 0.15) is 12.1 Å². The normalized spacial score (nSPS) is 21.5. The Morgan fingerprint density at radius 3 is 2.42 bits per heavy atom. The molecule has 3 aromatic carbocycles. The van der Waals surface area contributed by atoms with Crippen LogP contribution in [0.15, 0.2) is 78.9 Å². The maximum Gasteiger partial charge on any atom is 0.410 e. The first kappa shape index (κ1) is 27.6. The number of para-hydroxylation sites is 1. The molecule has 4 aliphatic rings. The van der Waals surface area contributed by atoms with Gasteiger partial charge in [-0.25, -0.2) is 9.59 Å². The van der Waals surface area contributed by atoms with Gasteiger partial charge < -0.3 is 19.4 Å². The highest BCUT2D eigenvalue weighted by Gasteiger charge is 2.54. The van der Waals surface area contributed by atoms with E-state index in [2.05, 4.69) is 58.7 Å². The fraction of sp³-hybridized carbons (Fsp3) is 0.333. The van der Waals surface area contributed by atoms with Crippen molar-refractivity contribution in [2.75, 3.05) is 31.6 Å². The summed E-state index contributed by atoms with van der Waals surface area (Å²) in [5.41, 5.74) is 6.75. The van der Waals surface area contributed by atoms with E-state index in [0.29, 0.717) is 32.5 Å². The van der Waals surface area contributed by atoms with Crippen LogP contribution in [0.3, 0.4) is 0 Å². The quantitative estimate of drug-likeness (QED) is 0.333. The SMILES string of the molecule is CN1C(=O)NC(=O)C12Cc1cc3ccc(CN4CC5(CCN(C(=O)OCc6ccccc6)CC5)c5ccccc54)nc3cc1C2. The molecular formula is C36H35N5O4. The highest BCUT2D eigenvalue weighted by Crippen LogP contribution is 2.47. The molecule has 0 saturated carbocycles. The Kier molecular flexibility index (Phi) is 6.34. The second kappa shape index (κ2) is 10.3. The minimum atomic E-state index is -0.846. The Morgan fingerprint density at radius 2 is 1.67 bits per heavy atom. The van der Waals surface area contributed by atoms with Crippen molar-refractivity contribution in [3.05, 3.63) is 107 Å². The molecule has 1 unspecified atom stereocenters. The molecule has 1 aliphatic carbocycles. The predicted molar refractivity (Wildman–Crippen MR) is 170 cm³/mol. The number of piperidine rings is 1. The fourth-order valence-electron chi connectivity index (χ4n) is 7.88. The number of nitrogens with zero attached hydrogens (tertiary/aromatic N) is 4. The van der Waals surface area contributed by atoms with Crippen molar-refractivity contribution in [1.29, 1.82) is 0 Å². The smallest absolute Gasteiger partial charge is 0.410 e. The van der Waals surface area contributed by atoms with E-state index in [1.54, 1.807) is 11.9 Å². The molecule has 0 radical (unpaired) electrons. The Hall–Kier alpha value is -4.92. The molecule has 1 atom stereocenters. The Labute approximate surface area is 261 Å². The van der Waals surface area contributed by atoms with E-state index in [0.717, 1.165) is 52.7 Å². The Morgan fingerprint density at radius 1 is 0.933 bits per heavy atom. The fourth-order valence-corrected chi connectivity index (χ4v) is 7.88. The summed E-state index contributed by atoms with van der Waals surface area (Å²) in [6.45, 7) is 3.16. The van der Waals surface area contributed by atoms with Crippen molar-refractivity contribution in [3.63, 3.8) is 0 Å². The molecule has 2 fully saturated rings. The van der Waals surface area contributed by atoms with Crippen molar-refractivity contribution >= 4 is 34.6 Å². The van der Waals surface area contributed by atoms with Crippen molar-refractivity contribution in [2.45, 2.75) is 49.8 Å². The molecule has 3 aliphatic heterocycles. The number of hydrogen-bond acceptors (Lipinski definition) is 6. The highest BCUT2D eigenvalue weighted by atomic mass is 16.6. The van der Waals surface area contributed by atoms with Crippen LogP contribution in [0.5, 0.6) is 0 Å². The van der Waals surface area contributed by atoms with E-state index in [9.17, 15) is 14.4 Å². The second-order valence-corrected chi connectivity index (χ2v) is 13.0. The van der Waals surface area contributed by atoms with Crippen LogP contribution >= 0.6 is 0 Å². The average Bonchev–Trinajstić information content (AvgIpc) is 3.65. The van der Waals surface area contributed by atoms with E-state index in [1.165, 1.54) is 11.3 Å². The van der Waals surface area contributed by atoms with Crippen molar-refractivity contribution in [1.82, 2.24) is 20.1 Å². The van der Waals surface area contributed by atoms with Crippen molar-refractivity contribution in [2.24, 2.45) is 0 Å². The van der Waals surface area contributed by atoms with E-state index >= 15 is 0 Å². The summed E-state index contributed by atoms with van der Waals surface area (Å²) in [5, 5.41) is 3.51. The van der Waals surface area contributed by atoms with Gasteiger partial charge >= 0.3 is 12.1 Å². The van der Waals surface area contributed by atoms with Crippen molar-refractivity contribution in [3.8, 4) is 0 Å². The zero-order valence-corrected chi connectivity index (χ0v) is 25.3. The molecule has 2 saturated heterocycles. The number of nitrogens with one attached hydrogen (secondary N) is 1. The van der Waals surface area contributed by atoms with E-state index in [-0.39, 0.29) is 30.1 Å². The second-order valence-electron chi connectivity index (χ2n) is 13.0. The van der Waals surface area contributed by atoms with Gasteiger partial charge in [-0.3, -0.25) is 15.1 Å². The number of hydrogen-bond donors (Lipinski definition) is 1. The first-order chi connectivity index (χ1) is 21.8. The molecule has 8 rings (SSSR count). The van der Waals surface area contributed by atoms with Crippen LogP contribution in [-0.2, 0) is 40.9 Å². The number of urea groups is 1. The molecule has 1 N–H and O–H groups in total. The highest BCUT2D eigenvalue weighted by molar-refractivity contribution is 6.08. The van der Waals surface area contributed by atoms with Gasteiger partial charge in [-0.15, -0.1) is 0 Å². The summed E-state index contributed by atoms with van der Waals surface area (Å²) in [7, 11) is 1.70. The first-order valence-electron chi connectivity index (χ1n) is 15.6. The number of ether oxygens (including phenoxy) is 1. The van der Waals surface area contributed by atoms with E-state index in [4.69, 9.17) is 9.72 Å². The van der Waals surface area contributed by atoms with Gasteiger partial charge in [0, 0.05) is 56.0 Å². The van der Waals surface area contributed by atoms with Crippen LogP contribution < -0.4 is 10.2 Å². The molecule has 4 amide bonds. The van der Waals surface area contributed by atoms with Crippen molar-refractivity contribution < 1.29 is 19.1 Å². The third kappa shape index (κ3) is 4.52. The minimum Gasteiger partial charge on any atom is -0.445 e. The maximum absolute atomic E-state index is 12.9. The summed E-state index contributed by atoms with van der Waals surface area (Å²) in [6, 6.07) is 26.5. The van der Waals surface area contributed by atoms with Gasteiger partial charge in [-0.2, -0.15) is 0 Å². The number of fused-ring (bicyclic) bond motifs is 4. The summed E-state index contributed by atoms with van der Waals surface area (Å²) in [5.74, 6) is -0.222.